The molecule has 2 N–H and O–H groups in total. The largest absolute Gasteiger partial charge is 0.484 e. The Bertz CT molecular complexity index is 1060. The Labute approximate surface area is 185 Å². The van der Waals surface area contributed by atoms with E-state index in [2.05, 4.69) is 10.6 Å². The molecule has 0 bridgehead atoms. The predicted octanol–water partition coefficient (Wildman–Crippen LogP) is 4.68. The maximum atomic E-state index is 13.3. The van der Waals surface area contributed by atoms with E-state index >= 15 is 0 Å². The molecule has 1 aromatic heterocycles. The summed E-state index contributed by atoms with van der Waals surface area (Å²) in [4.78, 5) is 24.5. The van der Waals surface area contributed by atoms with Crippen LogP contribution in [0.4, 0.5) is 10.1 Å². The van der Waals surface area contributed by atoms with E-state index < -0.39 is 0 Å². The summed E-state index contributed by atoms with van der Waals surface area (Å²) in [7, 11) is 0. The number of halogens is 1. The van der Waals surface area contributed by atoms with Crippen molar-refractivity contribution in [1.29, 1.82) is 0 Å². The Morgan fingerprint density at radius 2 is 1.81 bits per heavy atom. The molecule has 1 saturated carbocycles. The van der Waals surface area contributed by atoms with Crippen molar-refractivity contribution in [2.45, 2.75) is 31.1 Å². The normalized spacial score (nSPS) is 14.7. The summed E-state index contributed by atoms with van der Waals surface area (Å²) in [5.41, 5.74) is 1.42. The number of ether oxygens (including phenoxy) is 1. The lowest BCUT2D eigenvalue weighted by molar-refractivity contribution is -0.123. The lowest BCUT2D eigenvalue weighted by Crippen LogP contribution is -2.40. The van der Waals surface area contributed by atoms with Gasteiger partial charge in [-0.25, -0.2) is 4.39 Å². The van der Waals surface area contributed by atoms with Gasteiger partial charge in [0.1, 0.15) is 11.6 Å². The van der Waals surface area contributed by atoms with Gasteiger partial charge in [0.25, 0.3) is 11.8 Å². The molecule has 0 saturated heterocycles. The Morgan fingerprint density at radius 3 is 2.53 bits per heavy atom. The highest BCUT2D eigenvalue weighted by Crippen LogP contribution is 2.40. The maximum absolute atomic E-state index is 13.3. The zero-order valence-electron chi connectivity index (χ0n) is 17.6. The number of furan rings is 1. The summed E-state index contributed by atoms with van der Waals surface area (Å²) >= 11 is 0. The molecule has 0 aliphatic heterocycles. The maximum Gasteiger partial charge on any atom is 0.291 e. The van der Waals surface area contributed by atoms with Gasteiger partial charge in [-0.05, 0) is 54.8 Å². The summed E-state index contributed by atoms with van der Waals surface area (Å²) in [6.07, 6.45) is 5.51. The minimum absolute atomic E-state index is 0.144. The average molecular weight is 436 g/mol. The van der Waals surface area contributed by atoms with E-state index in [1.165, 1.54) is 18.4 Å². The van der Waals surface area contributed by atoms with Crippen LogP contribution in [0.3, 0.4) is 0 Å². The summed E-state index contributed by atoms with van der Waals surface area (Å²) in [6, 6.07) is 16.6. The predicted molar refractivity (Wildman–Crippen MR) is 118 cm³/mol. The molecule has 0 radical (unpaired) electrons. The first kappa shape index (κ1) is 21.6. The average Bonchev–Trinajstić information content (AvgIpc) is 3.50. The first-order valence-electron chi connectivity index (χ1n) is 10.6. The fourth-order valence-electron chi connectivity index (χ4n) is 4.15. The van der Waals surface area contributed by atoms with E-state index in [4.69, 9.17) is 9.15 Å². The second-order valence-electron chi connectivity index (χ2n) is 8.02. The van der Waals surface area contributed by atoms with Crippen LogP contribution < -0.4 is 15.4 Å². The first-order chi connectivity index (χ1) is 15.5. The SMILES string of the molecule is O=C(COc1cccc(NC(=O)c2ccco2)c1)NCC1(c2ccc(F)cc2)CCCC1. The van der Waals surface area contributed by atoms with Gasteiger partial charge in [-0.3, -0.25) is 9.59 Å². The molecule has 2 amide bonds. The number of benzene rings is 2. The molecule has 1 heterocycles. The molecular weight excluding hydrogens is 411 g/mol. The van der Waals surface area contributed by atoms with Crippen molar-refractivity contribution < 1.29 is 23.1 Å². The zero-order chi connectivity index (χ0) is 22.4. The van der Waals surface area contributed by atoms with Gasteiger partial charge in [0, 0.05) is 23.7 Å². The molecular formula is C25H25FN2O4. The molecule has 3 aromatic rings. The van der Waals surface area contributed by atoms with E-state index in [9.17, 15) is 14.0 Å². The molecule has 0 unspecified atom stereocenters. The van der Waals surface area contributed by atoms with Gasteiger partial charge in [-0.1, -0.05) is 31.0 Å². The number of carbonyl (C=O) groups is 2. The first-order valence-corrected chi connectivity index (χ1v) is 10.6. The Morgan fingerprint density at radius 1 is 1.03 bits per heavy atom. The summed E-state index contributed by atoms with van der Waals surface area (Å²) in [5, 5.41) is 5.70. The van der Waals surface area contributed by atoms with Crippen LogP contribution in [0.15, 0.2) is 71.3 Å². The Kier molecular flexibility index (Phi) is 6.54. The molecule has 6 nitrogen and oxygen atoms in total. The minimum atomic E-state index is -0.368. The topological polar surface area (TPSA) is 80.6 Å². The van der Waals surface area contributed by atoms with Crippen LogP contribution in [0, 0.1) is 5.82 Å². The molecule has 7 heteroatoms. The molecule has 32 heavy (non-hydrogen) atoms. The van der Waals surface area contributed by atoms with E-state index in [1.807, 2.05) is 12.1 Å². The van der Waals surface area contributed by atoms with Gasteiger partial charge >= 0.3 is 0 Å². The van der Waals surface area contributed by atoms with E-state index in [0.29, 0.717) is 18.0 Å². The standard InChI is InChI=1S/C25H25FN2O4/c26-19-10-8-18(9-11-19)25(12-1-2-13-25)17-27-23(29)16-32-21-6-3-5-20(15-21)28-24(30)22-7-4-14-31-22/h3-11,14-15H,1-2,12-13,16-17H2,(H,27,29)(H,28,30). The van der Waals surface area contributed by atoms with E-state index in [1.54, 1.807) is 36.4 Å². The fourth-order valence-corrected chi connectivity index (χ4v) is 4.15. The van der Waals surface area contributed by atoms with Crippen molar-refractivity contribution >= 4 is 17.5 Å². The number of carbonyl (C=O) groups excluding carboxylic acids is 2. The van der Waals surface area contributed by atoms with Crippen molar-refractivity contribution in [2.24, 2.45) is 0 Å². The van der Waals surface area contributed by atoms with E-state index in [-0.39, 0.29) is 35.4 Å². The quantitative estimate of drug-likeness (QED) is 0.537. The number of nitrogens with one attached hydrogen (secondary N) is 2. The molecule has 1 aliphatic carbocycles. The van der Waals surface area contributed by atoms with Gasteiger partial charge in [-0.15, -0.1) is 0 Å². The lowest BCUT2D eigenvalue weighted by atomic mass is 9.79. The zero-order valence-corrected chi connectivity index (χ0v) is 17.6. The number of rotatable bonds is 8. The fraction of sp³-hybridized carbons (Fsp3) is 0.280. The molecule has 1 aliphatic rings. The smallest absolute Gasteiger partial charge is 0.291 e. The Hall–Kier alpha value is -3.61. The third-order valence-corrected chi connectivity index (χ3v) is 5.85. The van der Waals surface area contributed by atoms with Crippen LogP contribution in [0.1, 0.15) is 41.8 Å². The number of amides is 2. The van der Waals surface area contributed by atoms with Crippen LogP contribution in [0.25, 0.3) is 0 Å². The molecule has 0 atom stereocenters. The van der Waals surface area contributed by atoms with E-state index in [0.717, 1.165) is 31.2 Å². The van der Waals surface area contributed by atoms with Crippen LogP contribution in [0.5, 0.6) is 5.75 Å². The van der Waals surface area contributed by atoms with Crippen LogP contribution in [-0.2, 0) is 10.2 Å². The summed E-state index contributed by atoms with van der Waals surface area (Å²) < 4.78 is 24.0. The van der Waals surface area contributed by atoms with Crippen LogP contribution in [0.2, 0.25) is 0 Å². The second-order valence-corrected chi connectivity index (χ2v) is 8.02. The van der Waals surface area contributed by atoms with Gasteiger partial charge in [0.15, 0.2) is 12.4 Å². The van der Waals surface area contributed by atoms with Gasteiger partial charge in [0.2, 0.25) is 0 Å². The van der Waals surface area contributed by atoms with Crippen molar-refractivity contribution in [3.05, 3.63) is 84.1 Å². The Balaban J connectivity index is 1.31. The van der Waals surface area contributed by atoms with Crippen molar-refractivity contribution in [3.63, 3.8) is 0 Å². The van der Waals surface area contributed by atoms with Crippen molar-refractivity contribution in [2.75, 3.05) is 18.5 Å². The highest BCUT2D eigenvalue weighted by atomic mass is 19.1. The van der Waals surface area contributed by atoms with Crippen LogP contribution in [-0.4, -0.2) is 25.0 Å². The highest BCUT2D eigenvalue weighted by Gasteiger charge is 2.35. The van der Waals surface area contributed by atoms with Crippen LogP contribution >= 0.6 is 0 Å². The van der Waals surface area contributed by atoms with Crippen molar-refractivity contribution in [1.82, 2.24) is 5.32 Å². The highest BCUT2D eigenvalue weighted by molar-refractivity contribution is 6.02. The number of anilines is 1. The molecule has 0 spiro atoms. The van der Waals surface area contributed by atoms with Gasteiger partial charge in [-0.2, -0.15) is 0 Å². The summed E-state index contributed by atoms with van der Waals surface area (Å²) in [5.74, 6) is -0.193. The third-order valence-electron chi connectivity index (χ3n) is 5.85. The molecule has 2 aromatic carbocycles. The van der Waals surface area contributed by atoms with Gasteiger partial charge in [0.05, 0.1) is 6.26 Å². The monoisotopic (exact) mass is 436 g/mol. The second kappa shape index (κ2) is 9.68. The van der Waals surface area contributed by atoms with Gasteiger partial charge < -0.3 is 19.8 Å². The lowest BCUT2D eigenvalue weighted by Gasteiger charge is -2.30. The molecule has 4 rings (SSSR count). The third kappa shape index (κ3) is 5.17. The number of hydrogen-bond donors (Lipinski definition) is 2. The number of hydrogen-bond acceptors (Lipinski definition) is 4. The molecule has 1 fully saturated rings. The van der Waals surface area contributed by atoms with Crippen molar-refractivity contribution in [3.8, 4) is 5.75 Å². The summed E-state index contributed by atoms with van der Waals surface area (Å²) in [6.45, 7) is 0.342. The molecule has 166 valence electrons. The minimum Gasteiger partial charge on any atom is -0.484 e.